The number of rotatable bonds is 4. The first-order chi connectivity index (χ1) is 12.0. The summed E-state index contributed by atoms with van der Waals surface area (Å²) in [6.07, 6.45) is 2.97. The molecule has 0 saturated carbocycles. The molecule has 0 spiro atoms. The van der Waals surface area contributed by atoms with Gasteiger partial charge in [-0.25, -0.2) is 13.3 Å². The first-order valence-electron chi connectivity index (χ1n) is 7.16. The lowest BCUT2D eigenvalue weighted by atomic mass is 10.1. The van der Waals surface area contributed by atoms with Gasteiger partial charge in [-0.05, 0) is 6.07 Å². The van der Waals surface area contributed by atoms with Gasteiger partial charge >= 0.3 is 0 Å². The van der Waals surface area contributed by atoms with Crippen molar-refractivity contribution < 1.29 is 8.42 Å². The van der Waals surface area contributed by atoms with E-state index in [1.807, 2.05) is 0 Å². The summed E-state index contributed by atoms with van der Waals surface area (Å²) in [5.74, 6) is 0. The number of nitrogens with zero attached hydrogens (tertiary/aromatic N) is 2. The molecule has 0 atom stereocenters. The predicted molar refractivity (Wildman–Crippen MR) is 100 cm³/mol. The molecule has 0 bridgehead atoms. The average molecular weight is 370 g/mol. The number of hydrogen-bond acceptors (Lipinski definition) is 3. The summed E-state index contributed by atoms with van der Waals surface area (Å²) in [5.41, 5.74) is 1.84. The van der Waals surface area contributed by atoms with Crippen molar-refractivity contribution in [2.24, 2.45) is 0 Å². The summed E-state index contributed by atoms with van der Waals surface area (Å²) in [5, 5.41) is 1.18. The van der Waals surface area contributed by atoms with E-state index in [1.54, 1.807) is 24.3 Å². The molecule has 0 aliphatic heterocycles. The Hall–Kier alpha value is -2.88. The lowest BCUT2D eigenvalue weighted by Gasteiger charge is -2.13. The minimum Gasteiger partial charge on any atom is -0.277 e. The van der Waals surface area contributed by atoms with Crippen LogP contribution in [0.3, 0.4) is 0 Å². The molecule has 5 nitrogen and oxygen atoms in total. The second kappa shape index (κ2) is 6.55. The molecule has 1 heterocycles. The van der Waals surface area contributed by atoms with Gasteiger partial charge in [-0.15, -0.1) is 0 Å². The first-order valence-corrected chi connectivity index (χ1v) is 9.02. The Morgan fingerprint density at radius 1 is 1.20 bits per heavy atom. The first kappa shape index (κ1) is 17.0. The van der Waals surface area contributed by atoms with E-state index < -0.39 is 10.0 Å². The number of sulfonamides is 1. The highest BCUT2D eigenvalue weighted by Gasteiger charge is 2.17. The van der Waals surface area contributed by atoms with Crippen LogP contribution in [0, 0.1) is 6.57 Å². The molecule has 7 heteroatoms. The van der Waals surface area contributed by atoms with E-state index in [1.165, 1.54) is 30.5 Å². The van der Waals surface area contributed by atoms with E-state index >= 15 is 0 Å². The fraction of sp³-hybridized carbons (Fsp3) is 0. The van der Waals surface area contributed by atoms with Crippen LogP contribution < -0.4 is 4.72 Å². The topological polar surface area (TPSA) is 63.4 Å². The third kappa shape index (κ3) is 3.20. The maximum Gasteiger partial charge on any atom is 0.261 e. The molecular weight excluding hydrogens is 358 g/mol. The second-order valence-electron chi connectivity index (χ2n) is 5.14. The summed E-state index contributed by atoms with van der Waals surface area (Å²) in [4.78, 5) is 7.55. The average Bonchev–Trinajstić information content (AvgIpc) is 2.61. The molecule has 25 heavy (non-hydrogen) atoms. The summed E-state index contributed by atoms with van der Waals surface area (Å²) in [7, 11) is -3.82. The highest BCUT2D eigenvalue weighted by atomic mass is 35.5. The van der Waals surface area contributed by atoms with Crippen LogP contribution in [0.15, 0.2) is 60.1 Å². The Labute approximate surface area is 150 Å². The Morgan fingerprint density at radius 3 is 2.56 bits per heavy atom. The molecule has 0 saturated heterocycles. The molecule has 2 aromatic carbocycles. The standard InChI is InChI=1S/C18H12ClN3O2S/c1-3-14-15-5-4-6-16(19)18(15)21-11-17(14)22-25(23,24)13-9-7-12(20-2)8-10-13/h3-11,22H,1H2. The highest BCUT2D eigenvalue weighted by Crippen LogP contribution is 2.31. The quantitative estimate of drug-likeness (QED) is 0.666. The summed E-state index contributed by atoms with van der Waals surface area (Å²) >= 11 is 6.14. The largest absolute Gasteiger partial charge is 0.277 e. The molecule has 3 aromatic rings. The molecule has 0 aliphatic carbocycles. The van der Waals surface area contributed by atoms with Gasteiger partial charge in [0.1, 0.15) is 0 Å². The van der Waals surface area contributed by atoms with Gasteiger partial charge in [-0.2, -0.15) is 0 Å². The van der Waals surface area contributed by atoms with Gasteiger partial charge in [0.2, 0.25) is 0 Å². The zero-order valence-corrected chi connectivity index (χ0v) is 14.5. The zero-order chi connectivity index (χ0) is 18.0. The minimum absolute atomic E-state index is 0.0566. The van der Waals surface area contributed by atoms with Gasteiger partial charge in [0.25, 0.3) is 10.0 Å². The lowest BCUT2D eigenvalue weighted by molar-refractivity contribution is 0.601. The van der Waals surface area contributed by atoms with E-state index in [0.717, 1.165) is 0 Å². The van der Waals surface area contributed by atoms with E-state index in [4.69, 9.17) is 18.2 Å². The number of halogens is 1. The van der Waals surface area contributed by atoms with Crippen LogP contribution in [0.5, 0.6) is 0 Å². The SMILES string of the molecule is [C-]#[N+]c1ccc(S(=O)(=O)Nc2cnc3c(Cl)cccc3c2C=C)cc1. The van der Waals surface area contributed by atoms with Gasteiger partial charge < -0.3 is 0 Å². The van der Waals surface area contributed by atoms with Crippen molar-refractivity contribution in [2.75, 3.05) is 4.72 Å². The van der Waals surface area contributed by atoms with Crippen molar-refractivity contribution in [2.45, 2.75) is 4.90 Å². The van der Waals surface area contributed by atoms with Gasteiger partial charge in [-0.1, -0.05) is 60.7 Å². The number of nitrogens with one attached hydrogen (secondary N) is 1. The Kier molecular flexibility index (Phi) is 4.45. The Bertz CT molecular complexity index is 1120. The van der Waals surface area contributed by atoms with Gasteiger partial charge in [0.15, 0.2) is 5.69 Å². The molecule has 124 valence electrons. The number of anilines is 1. The van der Waals surface area contributed by atoms with Crippen LogP contribution >= 0.6 is 11.6 Å². The number of fused-ring (bicyclic) bond motifs is 1. The van der Waals surface area contributed by atoms with Gasteiger partial charge in [-0.3, -0.25) is 9.71 Å². The number of benzene rings is 2. The Morgan fingerprint density at radius 2 is 1.92 bits per heavy atom. The number of pyridine rings is 1. The normalized spacial score (nSPS) is 11.0. The van der Waals surface area contributed by atoms with Crippen molar-refractivity contribution in [3.05, 3.63) is 77.2 Å². The molecule has 0 radical (unpaired) electrons. The molecule has 0 unspecified atom stereocenters. The van der Waals surface area contributed by atoms with Gasteiger partial charge in [0, 0.05) is 10.9 Å². The number of hydrogen-bond donors (Lipinski definition) is 1. The molecule has 0 amide bonds. The summed E-state index contributed by atoms with van der Waals surface area (Å²) < 4.78 is 27.7. The van der Waals surface area contributed by atoms with Crippen LogP contribution in [-0.4, -0.2) is 13.4 Å². The van der Waals surface area contributed by atoms with Crippen molar-refractivity contribution in [3.63, 3.8) is 0 Å². The molecule has 1 N–H and O–H groups in total. The molecule has 0 fully saturated rings. The molecular formula is C18H12ClN3O2S. The maximum atomic E-state index is 12.6. The monoisotopic (exact) mass is 369 g/mol. The van der Waals surface area contributed by atoms with E-state index in [0.29, 0.717) is 32.9 Å². The van der Waals surface area contributed by atoms with Crippen LogP contribution in [0.4, 0.5) is 11.4 Å². The Balaban J connectivity index is 2.07. The smallest absolute Gasteiger partial charge is 0.261 e. The van der Waals surface area contributed by atoms with Crippen molar-refractivity contribution in [1.29, 1.82) is 0 Å². The third-order valence-corrected chi connectivity index (χ3v) is 5.30. The van der Waals surface area contributed by atoms with Gasteiger partial charge in [0.05, 0.1) is 33.9 Å². The molecule has 0 aliphatic rings. The van der Waals surface area contributed by atoms with Crippen LogP contribution in [0.25, 0.3) is 21.8 Å². The molecule has 3 rings (SSSR count). The fourth-order valence-corrected chi connectivity index (χ4v) is 3.70. The van der Waals surface area contributed by atoms with Crippen LogP contribution in [-0.2, 0) is 10.0 Å². The second-order valence-corrected chi connectivity index (χ2v) is 7.23. The van der Waals surface area contributed by atoms with Crippen molar-refractivity contribution in [1.82, 2.24) is 4.98 Å². The predicted octanol–water partition coefficient (Wildman–Crippen LogP) is 4.88. The number of para-hydroxylation sites is 1. The van der Waals surface area contributed by atoms with E-state index in [2.05, 4.69) is 21.1 Å². The molecule has 1 aromatic heterocycles. The van der Waals surface area contributed by atoms with Crippen molar-refractivity contribution >= 4 is 50.0 Å². The lowest BCUT2D eigenvalue weighted by Crippen LogP contribution is -2.14. The highest BCUT2D eigenvalue weighted by molar-refractivity contribution is 7.92. The fourth-order valence-electron chi connectivity index (χ4n) is 2.41. The van der Waals surface area contributed by atoms with Crippen LogP contribution in [0.1, 0.15) is 5.56 Å². The van der Waals surface area contributed by atoms with Crippen LogP contribution in [0.2, 0.25) is 5.02 Å². The summed E-state index contributed by atoms with van der Waals surface area (Å²) in [6, 6.07) is 11.0. The third-order valence-electron chi connectivity index (χ3n) is 3.61. The summed E-state index contributed by atoms with van der Waals surface area (Å²) in [6.45, 7) is 10.7. The minimum atomic E-state index is -3.82. The van der Waals surface area contributed by atoms with E-state index in [-0.39, 0.29) is 4.90 Å². The van der Waals surface area contributed by atoms with E-state index in [9.17, 15) is 8.42 Å². The van der Waals surface area contributed by atoms with Crippen molar-refractivity contribution in [3.8, 4) is 0 Å². The maximum absolute atomic E-state index is 12.6. The number of aromatic nitrogens is 1. The zero-order valence-electron chi connectivity index (χ0n) is 12.9.